The molecular formula is C30H42F2N2O4. The van der Waals surface area contributed by atoms with Gasteiger partial charge in [0, 0.05) is 32.6 Å². The Morgan fingerprint density at radius 2 is 1.61 bits per heavy atom. The van der Waals surface area contributed by atoms with Crippen molar-refractivity contribution in [3.63, 3.8) is 0 Å². The monoisotopic (exact) mass is 532 g/mol. The van der Waals surface area contributed by atoms with Crippen LogP contribution >= 0.6 is 0 Å². The zero-order valence-corrected chi connectivity index (χ0v) is 22.5. The molecule has 3 rings (SSSR count). The van der Waals surface area contributed by atoms with Crippen LogP contribution in [0.15, 0.2) is 48.5 Å². The summed E-state index contributed by atoms with van der Waals surface area (Å²) >= 11 is 0. The molecule has 8 heteroatoms. The van der Waals surface area contributed by atoms with Crippen LogP contribution in [0.25, 0.3) is 0 Å². The number of nitrogens with one attached hydrogen (secondary N) is 1. The molecule has 2 aromatic rings. The van der Waals surface area contributed by atoms with Crippen LogP contribution in [0.4, 0.5) is 8.78 Å². The van der Waals surface area contributed by atoms with Gasteiger partial charge in [-0.2, -0.15) is 0 Å². The molecule has 1 saturated heterocycles. The average Bonchev–Trinajstić information content (AvgIpc) is 3.34. The first kappa shape index (κ1) is 29.7. The number of benzene rings is 2. The van der Waals surface area contributed by atoms with E-state index in [1.54, 1.807) is 0 Å². The van der Waals surface area contributed by atoms with Crippen molar-refractivity contribution in [3.8, 4) is 17.2 Å². The van der Waals surface area contributed by atoms with Crippen molar-refractivity contribution in [2.24, 2.45) is 5.92 Å². The van der Waals surface area contributed by atoms with Crippen LogP contribution in [-0.4, -0.2) is 69.7 Å². The van der Waals surface area contributed by atoms with E-state index in [1.807, 2.05) is 55.5 Å². The fraction of sp³-hybridized carbons (Fsp3) is 0.567. The fourth-order valence-corrected chi connectivity index (χ4v) is 4.53. The molecule has 2 unspecified atom stereocenters. The lowest BCUT2D eigenvalue weighted by Gasteiger charge is -2.24. The second kappa shape index (κ2) is 16.9. The summed E-state index contributed by atoms with van der Waals surface area (Å²) in [7, 11) is 0. The number of hydrogen-bond acceptors (Lipinski definition) is 5. The quantitative estimate of drug-likeness (QED) is 0.261. The van der Waals surface area contributed by atoms with E-state index in [0.717, 1.165) is 42.3 Å². The van der Waals surface area contributed by atoms with Crippen molar-refractivity contribution >= 4 is 5.91 Å². The Hall–Kier alpha value is -2.87. The maximum absolute atomic E-state index is 13.7. The highest BCUT2D eigenvalue weighted by molar-refractivity contribution is 5.75. The van der Waals surface area contributed by atoms with Crippen molar-refractivity contribution in [3.05, 3.63) is 54.1 Å². The van der Waals surface area contributed by atoms with Gasteiger partial charge in [0.1, 0.15) is 23.4 Å². The Labute approximate surface area is 225 Å². The summed E-state index contributed by atoms with van der Waals surface area (Å²) in [6.45, 7) is 5.68. The molecule has 2 aromatic carbocycles. The van der Waals surface area contributed by atoms with Crippen LogP contribution in [0.5, 0.6) is 17.2 Å². The predicted molar refractivity (Wildman–Crippen MR) is 146 cm³/mol. The van der Waals surface area contributed by atoms with Crippen molar-refractivity contribution in [2.45, 2.75) is 51.6 Å². The average molecular weight is 533 g/mol. The first-order valence-corrected chi connectivity index (χ1v) is 13.8. The van der Waals surface area contributed by atoms with Crippen molar-refractivity contribution < 1.29 is 27.8 Å². The molecule has 1 aliphatic heterocycles. The molecule has 38 heavy (non-hydrogen) atoms. The van der Waals surface area contributed by atoms with Crippen molar-refractivity contribution in [2.75, 3.05) is 52.7 Å². The normalized spacial score (nSPS) is 16.2. The van der Waals surface area contributed by atoms with Gasteiger partial charge in [0.15, 0.2) is 0 Å². The summed E-state index contributed by atoms with van der Waals surface area (Å²) in [6, 6.07) is 15.4. The number of hydrogen-bond donors (Lipinski definition) is 1. The number of likely N-dealkylation sites (tertiary alicyclic amines) is 1. The number of carbonyl (C=O) groups is 1. The highest BCUT2D eigenvalue weighted by Gasteiger charge is 2.24. The number of rotatable bonds is 18. The first-order chi connectivity index (χ1) is 18.6. The Balaban J connectivity index is 1.42. The topological polar surface area (TPSA) is 60.0 Å². The maximum Gasteiger partial charge on any atom is 0.220 e. The summed E-state index contributed by atoms with van der Waals surface area (Å²) in [5.41, 5.74) is 1.14. The molecule has 1 heterocycles. The van der Waals surface area contributed by atoms with Crippen molar-refractivity contribution in [1.82, 2.24) is 10.2 Å². The van der Waals surface area contributed by atoms with Gasteiger partial charge in [0.05, 0.1) is 26.5 Å². The lowest BCUT2D eigenvalue weighted by molar-refractivity contribution is -0.121. The smallest absolute Gasteiger partial charge is 0.220 e. The summed E-state index contributed by atoms with van der Waals surface area (Å²) < 4.78 is 42.8. The lowest BCUT2D eigenvalue weighted by atomic mass is 9.98. The van der Waals surface area contributed by atoms with E-state index in [0.29, 0.717) is 65.0 Å². The summed E-state index contributed by atoms with van der Waals surface area (Å²) in [6.07, 6.45) is 2.78. The van der Waals surface area contributed by atoms with E-state index in [9.17, 15) is 13.6 Å². The van der Waals surface area contributed by atoms with Crippen LogP contribution in [0.3, 0.4) is 0 Å². The largest absolute Gasteiger partial charge is 0.494 e. The van der Waals surface area contributed by atoms with Crippen LogP contribution in [0.2, 0.25) is 0 Å². The summed E-state index contributed by atoms with van der Waals surface area (Å²) in [4.78, 5) is 14.7. The zero-order chi connectivity index (χ0) is 27.0. The molecule has 0 bridgehead atoms. The van der Waals surface area contributed by atoms with E-state index in [2.05, 4.69) is 10.2 Å². The number of nitrogens with zero attached hydrogens (tertiary/aromatic N) is 1. The second-order valence-electron chi connectivity index (χ2n) is 9.76. The van der Waals surface area contributed by atoms with E-state index < -0.39 is 6.17 Å². The van der Waals surface area contributed by atoms with E-state index >= 15 is 0 Å². The molecule has 0 aromatic heterocycles. The molecule has 2 atom stereocenters. The molecule has 1 amide bonds. The number of unbranched alkanes of at least 4 members (excludes halogenated alkanes) is 1. The summed E-state index contributed by atoms with van der Waals surface area (Å²) in [5.74, 6) is 2.48. The third-order valence-electron chi connectivity index (χ3n) is 6.52. The standard InChI is InChI=1S/C30H42F2N2O4/c1-2-36-27-11-13-29(14-12-27)38-19-5-6-30(35)33-21-25(22-34-17-15-26(32)23-34)20-24-7-9-28(10-8-24)37-18-4-3-16-31/h7-14,25-26H,2-6,15-23H2,1H3,(H,33,35). The number of halogens is 2. The Morgan fingerprint density at radius 1 is 0.974 bits per heavy atom. The van der Waals surface area contributed by atoms with Gasteiger partial charge in [-0.15, -0.1) is 0 Å². The van der Waals surface area contributed by atoms with Crippen LogP contribution in [-0.2, 0) is 11.2 Å². The van der Waals surface area contributed by atoms with Gasteiger partial charge in [-0.3, -0.25) is 14.1 Å². The summed E-state index contributed by atoms with van der Waals surface area (Å²) in [5, 5.41) is 3.07. The fourth-order valence-electron chi connectivity index (χ4n) is 4.53. The molecule has 0 saturated carbocycles. The zero-order valence-electron chi connectivity index (χ0n) is 22.5. The maximum atomic E-state index is 13.7. The molecule has 6 nitrogen and oxygen atoms in total. The van der Waals surface area contributed by atoms with E-state index in [1.165, 1.54) is 0 Å². The number of alkyl halides is 2. The number of amides is 1. The number of carbonyl (C=O) groups excluding carboxylic acids is 1. The van der Waals surface area contributed by atoms with E-state index in [-0.39, 0.29) is 18.5 Å². The third-order valence-corrected chi connectivity index (χ3v) is 6.52. The first-order valence-electron chi connectivity index (χ1n) is 13.8. The van der Waals surface area contributed by atoms with Gasteiger partial charge in [0.2, 0.25) is 5.91 Å². The minimum atomic E-state index is -0.769. The second-order valence-corrected chi connectivity index (χ2v) is 9.76. The molecule has 0 spiro atoms. The van der Waals surface area contributed by atoms with Crippen molar-refractivity contribution in [1.29, 1.82) is 0 Å². The highest BCUT2D eigenvalue weighted by Crippen LogP contribution is 2.20. The van der Waals surface area contributed by atoms with Gasteiger partial charge in [0.25, 0.3) is 0 Å². The minimum Gasteiger partial charge on any atom is -0.494 e. The SMILES string of the molecule is CCOc1ccc(OCCCC(=O)NCC(Cc2ccc(OCCCCF)cc2)CN2CCC(F)C2)cc1. The van der Waals surface area contributed by atoms with Gasteiger partial charge in [-0.1, -0.05) is 12.1 Å². The molecule has 210 valence electrons. The van der Waals surface area contributed by atoms with Gasteiger partial charge >= 0.3 is 0 Å². The Bertz CT molecular complexity index is 927. The molecule has 1 aliphatic rings. The minimum absolute atomic E-state index is 0.00730. The molecule has 1 N–H and O–H groups in total. The van der Waals surface area contributed by atoms with Crippen LogP contribution < -0.4 is 19.5 Å². The van der Waals surface area contributed by atoms with E-state index in [4.69, 9.17) is 14.2 Å². The highest BCUT2D eigenvalue weighted by atomic mass is 19.1. The molecule has 0 radical (unpaired) electrons. The van der Waals surface area contributed by atoms with Crippen LogP contribution in [0.1, 0.15) is 44.6 Å². The van der Waals surface area contributed by atoms with Gasteiger partial charge in [-0.25, -0.2) is 4.39 Å². The van der Waals surface area contributed by atoms with Crippen LogP contribution in [0, 0.1) is 5.92 Å². The lowest BCUT2D eigenvalue weighted by Crippen LogP contribution is -2.37. The molecular weight excluding hydrogens is 490 g/mol. The predicted octanol–water partition coefficient (Wildman–Crippen LogP) is 5.39. The Kier molecular flexibility index (Phi) is 13.2. The third kappa shape index (κ3) is 11.3. The molecule has 1 fully saturated rings. The molecule has 0 aliphatic carbocycles. The van der Waals surface area contributed by atoms with Gasteiger partial charge < -0.3 is 19.5 Å². The Morgan fingerprint density at radius 3 is 2.21 bits per heavy atom. The van der Waals surface area contributed by atoms with Gasteiger partial charge in [-0.05, 0) is 86.9 Å². The number of ether oxygens (including phenoxy) is 3.